The Morgan fingerprint density at radius 3 is 2.24 bits per heavy atom. The van der Waals surface area contributed by atoms with Crippen molar-refractivity contribution in [1.29, 1.82) is 0 Å². The molecule has 0 unspecified atom stereocenters. The lowest BCUT2D eigenvalue weighted by Crippen LogP contribution is -2.53. The highest BCUT2D eigenvalue weighted by Gasteiger charge is 2.48. The normalized spacial score (nSPS) is 24.6. The van der Waals surface area contributed by atoms with Gasteiger partial charge in [-0.05, 0) is 18.8 Å². The number of hydrogen-bond acceptors (Lipinski definition) is 3. The number of likely N-dealkylation sites (tertiary alicyclic amines) is 1. The highest BCUT2D eigenvalue weighted by atomic mass is 16.4. The Kier molecular flexibility index (Phi) is 2.93. The van der Waals surface area contributed by atoms with Gasteiger partial charge in [0.05, 0.1) is 5.41 Å². The molecule has 1 saturated heterocycles. The predicted molar refractivity (Wildman–Crippen MR) is 59.0 cm³/mol. The van der Waals surface area contributed by atoms with E-state index in [1.54, 1.807) is 0 Å². The summed E-state index contributed by atoms with van der Waals surface area (Å²) in [5.41, 5.74) is -0.869. The fourth-order valence-corrected chi connectivity index (χ4v) is 2.55. The van der Waals surface area contributed by atoms with Crippen molar-refractivity contribution in [2.24, 2.45) is 11.3 Å². The molecular formula is C12H17NO4. The van der Waals surface area contributed by atoms with Crippen LogP contribution in [0.25, 0.3) is 0 Å². The summed E-state index contributed by atoms with van der Waals surface area (Å²) < 4.78 is 0. The van der Waals surface area contributed by atoms with Gasteiger partial charge in [-0.15, -0.1) is 0 Å². The van der Waals surface area contributed by atoms with E-state index in [1.165, 1.54) is 0 Å². The number of rotatable bonds is 3. The molecule has 2 aliphatic rings. The van der Waals surface area contributed by atoms with E-state index >= 15 is 0 Å². The molecule has 0 bridgehead atoms. The molecule has 1 aliphatic carbocycles. The lowest BCUT2D eigenvalue weighted by Gasteiger charge is -2.42. The van der Waals surface area contributed by atoms with Gasteiger partial charge in [-0.25, -0.2) is 0 Å². The minimum atomic E-state index is -0.886. The number of carboxylic acids is 1. The third kappa shape index (κ3) is 2.06. The van der Waals surface area contributed by atoms with Gasteiger partial charge in [0.15, 0.2) is 0 Å². The minimum Gasteiger partial charge on any atom is -0.481 e. The van der Waals surface area contributed by atoms with Crippen LogP contribution in [0.3, 0.4) is 0 Å². The van der Waals surface area contributed by atoms with Crippen molar-refractivity contribution in [2.45, 2.75) is 39.0 Å². The van der Waals surface area contributed by atoms with Crippen molar-refractivity contribution in [2.75, 3.05) is 6.54 Å². The van der Waals surface area contributed by atoms with E-state index in [9.17, 15) is 19.5 Å². The zero-order valence-electron chi connectivity index (χ0n) is 9.94. The number of piperidine rings is 1. The molecule has 0 aromatic rings. The van der Waals surface area contributed by atoms with Crippen molar-refractivity contribution in [3.8, 4) is 0 Å². The first-order valence-electron chi connectivity index (χ1n) is 6.01. The number of nitrogens with zero attached hydrogens (tertiary/aromatic N) is 1. The molecule has 1 aliphatic heterocycles. The van der Waals surface area contributed by atoms with Crippen molar-refractivity contribution in [1.82, 2.24) is 4.90 Å². The Balaban J connectivity index is 2.10. The largest absolute Gasteiger partial charge is 0.481 e. The van der Waals surface area contributed by atoms with Crippen LogP contribution in [0.2, 0.25) is 0 Å². The Labute approximate surface area is 99.8 Å². The van der Waals surface area contributed by atoms with Crippen LogP contribution in [0, 0.1) is 11.3 Å². The molecule has 2 fully saturated rings. The quantitative estimate of drug-likeness (QED) is 0.746. The Hall–Kier alpha value is -1.39. The minimum absolute atomic E-state index is 0.0622. The average Bonchev–Trinajstić information content (AvgIpc) is 2.13. The number of carbonyl (C=O) groups excluding carboxylic acids is 2. The summed E-state index contributed by atoms with van der Waals surface area (Å²) in [5.74, 6) is -1.25. The van der Waals surface area contributed by atoms with E-state index in [-0.39, 0.29) is 24.3 Å². The summed E-state index contributed by atoms with van der Waals surface area (Å²) in [6.45, 7) is 1.93. The van der Waals surface area contributed by atoms with Crippen molar-refractivity contribution < 1.29 is 19.5 Å². The third-order valence-electron chi connectivity index (χ3n) is 3.87. The lowest BCUT2D eigenvalue weighted by atomic mass is 9.68. The molecule has 5 heteroatoms. The Morgan fingerprint density at radius 1 is 1.35 bits per heavy atom. The van der Waals surface area contributed by atoms with Gasteiger partial charge in [0, 0.05) is 19.4 Å². The summed E-state index contributed by atoms with van der Waals surface area (Å²) in [6, 6.07) is 0. The van der Waals surface area contributed by atoms with Gasteiger partial charge in [-0.2, -0.15) is 0 Å². The molecule has 0 radical (unpaired) electrons. The van der Waals surface area contributed by atoms with E-state index in [1.807, 2.05) is 6.92 Å². The van der Waals surface area contributed by atoms with E-state index in [0.29, 0.717) is 25.7 Å². The van der Waals surface area contributed by atoms with Crippen LogP contribution >= 0.6 is 0 Å². The number of carboxylic acid groups (broad SMARTS) is 1. The summed E-state index contributed by atoms with van der Waals surface area (Å²) in [7, 11) is 0. The summed E-state index contributed by atoms with van der Waals surface area (Å²) in [5, 5.41) is 9.19. The van der Waals surface area contributed by atoms with E-state index in [4.69, 9.17) is 0 Å². The third-order valence-corrected chi connectivity index (χ3v) is 3.87. The zero-order valence-corrected chi connectivity index (χ0v) is 9.94. The fraction of sp³-hybridized carbons (Fsp3) is 0.750. The first-order chi connectivity index (χ1) is 7.94. The van der Waals surface area contributed by atoms with Gasteiger partial charge in [-0.1, -0.05) is 13.3 Å². The van der Waals surface area contributed by atoms with Gasteiger partial charge in [-0.3, -0.25) is 19.3 Å². The van der Waals surface area contributed by atoms with Crippen LogP contribution in [0.5, 0.6) is 0 Å². The maximum Gasteiger partial charge on any atom is 0.311 e. The number of imide groups is 1. The van der Waals surface area contributed by atoms with Gasteiger partial charge >= 0.3 is 5.97 Å². The SMILES string of the molecule is CC1CC(=O)N(CC2(C(=O)O)CCC2)C(=O)C1. The van der Waals surface area contributed by atoms with Gasteiger partial charge in [0.2, 0.25) is 11.8 Å². The van der Waals surface area contributed by atoms with Gasteiger partial charge < -0.3 is 5.11 Å². The monoisotopic (exact) mass is 239 g/mol. The fourth-order valence-electron chi connectivity index (χ4n) is 2.55. The van der Waals surface area contributed by atoms with Gasteiger partial charge in [0.1, 0.15) is 0 Å². The highest BCUT2D eigenvalue weighted by molar-refractivity contribution is 5.98. The second-order valence-electron chi connectivity index (χ2n) is 5.33. The summed E-state index contributed by atoms with van der Waals surface area (Å²) >= 11 is 0. The van der Waals surface area contributed by atoms with Crippen molar-refractivity contribution in [3.63, 3.8) is 0 Å². The van der Waals surface area contributed by atoms with E-state index < -0.39 is 11.4 Å². The molecule has 1 N–H and O–H groups in total. The summed E-state index contributed by atoms with van der Waals surface area (Å²) in [4.78, 5) is 35.9. The molecule has 0 spiro atoms. The second-order valence-corrected chi connectivity index (χ2v) is 5.33. The van der Waals surface area contributed by atoms with Crippen LogP contribution in [-0.2, 0) is 14.4 Å². The smallest absolute Gasteiger partial charge is 0.311 e. The van der Waals surface area contributed by atoms with Crippen LogP contribution in [0.4, 0.5) is 0 Å². The number of carbonyl (C=O) groups is 3. The highest BCUT2D eigenvalue weighted by Crippen LogP contribution is 2.42. The zero-order chi connectivity index (χ0) is 12.6. The van der Waals surface area contributed by atoms with Crippen molar-refractivity contribution in [3.05, 3.63) is 0 Å². The van der Waals surface area contributed by atoms with E-state index in [0.717, 1.165) is 11.3 Å². The molecule has 1 saturated carbocycles. The van der Waals surface area contributed by atoms with Crippen LogP contribution in [0.15, 0.2) is 0 Å². The number of hydrogen-bond donors (Lipinski definition) is 1. The van der Waals surface area contributed by atoms with E-state index in [2.05, 4.69) is 0 Å². The molecule has 5 nitrogen and oxygen atoms in total. The lowest BCUT2D eigenvalue weighted by molar-refractivity contribution is -0.162. The maximum atomic E-state index is 11.8. The predicted octanol–water partition coefficient (Wildman–Crippen LogP) is 1.03. The first-order valence-corrected chi connectivity index (χ1v) is 6.01. The molecule has 94 valence electrons. The molecular weight excluding hydrogens is 222 g/mol. The summed E-state index contributed by atoms with van der Waals surface area (Å²) in [6.07, 6.45) is 2.69. The van der Waals surface area contributed by atoms with Crippen molar-refractivity contribution >= 4 is 17.8 Å². The molecule has 2 rings (SSSR count). The Bertz CT molecular complexity index is 355. The molecule has 17 heavy (non-hydrogen) atoms. The topological polar surface area (TPSA) is 74.7 Å². The van der Waals surface area contributed by atoms with Gasteiger partial charge in [0.25, 0.3) is 0 Å². The first kappa shape index (κ1) is 12.1. The molecule has 0 aromatic heterocycles. The maximum absolute atomic E-state index is 11.8. The number of amides is 2. The number of aliphatic carboxylic acids is 1. The molecule has 0 atom stereocenters. The average molecular weight is 239 g/mol. The molecule has 2 amide bonds. The van der Waals surface area contributed by atoms with Crippen LogP contribution < -0.4 is 0 Å². The molecule has 1 heterocycles. The van der Waals surface area contributed by atoms with Crippen LogP contribution in [0.1, 0.15) is 39.0 Å². The standard InChI is InChI=1S/C12H17NO4/c1-8-5-9(14)13(10(15)6-8)7-12(11(16)17)3-2-4-12/h8H,2-7H2,1H3,(H,16,17). The second kappa shape index (κ2) is 4.13. The molecule has 0 aromatic carbocycles. The Morgan fingerprint density at radius 2 is 1.88 bits per heavy atom. The van der Waals surface area contributed by atoms with Crippen LogP contribution in [-0.4, -0.2) is 34.3 Å².